The highest BCUT2D eigenvalue weighted by Crippen LogP contribution is 2.29. The molecule has 2 nitrogen and oxygen atoms in total. The Morgan fingerprint density at radius 1 is 1.35 bits per heavy atom. The SMILES string of the molecule is CC(=O)c1sc(-c2ccc(F)c(C)c2)nc1C. The van der Waals surface area contributed by atoms with E-state index in [1.54, 1.807) is 19.1 Å². The summed E-state index contributed by atoms with van der Waals surface area (Å²) < 4.78 is 13.2. The van der Waals surface area contributed by atoms with Crippen LogP contribution >= 0.6 is 11.3 Å². The fourth-order valence-electron chi connectivity index (χ4n) is 1.62. The lowest BCUT2D eigenvalue weighted by atomic mass is 10.1. The molecule has 1 aromatic carbocycles. The van der Waals surface area contributed by atoms with Crippen molar-refractivity contribution in [3.05, 3.63) is 40.2 Å². The number of rotatable bonds is 2. The third kappa shape index (κ3) is 2.26. The molecular formula is C13H12FNOS. The number of halogens is 1. The van der Waals surface area contributed by atoms with Gasteiger partial charge in [-0.05, 0) is 37.6 Å². The summed E-state index contributed by atoms with van der Waals surface area (Å²) in [6.07, 6.45) is 0. The smallest absolute Gasteiger partial charge is 0.171 e. The molecule has 0 spiro atoms. The highest BCUT2D eigenvalue weighted by atomic mass is 32.1. The minimum atomic E-state index is -0.228. The molecule has 1 aromatic heterocycles. The lowest BCUT2D eigenvalue weighted by Gasteiger charge is -1.99. The number of benzene rings is 1. The number of carbonyl (C=O) groups is 1. The van der Waals surface area contributed by atoms with Gasteiger partial charge in [-0.2, -0.15) is 0 Å². The Balaban J connectivity index is 2.50. The number of hydrogen-bond acceptors (Lipinski definition) is 3. The molecule has 0 saturated carbocycles. The van der Waals surface area contributed by atoms with Crippen molar-refractivity contribution in [3.8, 4) is 10.6 Å². The van der Waals surface area contributed by atoms with E-state index in [9.17, 15) is 9.18 Å². The Kier molecular flexibility index (Phi) is 3.07. The average molecular weight is 249 g/mol. The van der Waals surface area contributed by atoms with Crippen LogP contribution in [0.4, 0.5) is 4.39 Å². The van der Waals surface area contributed by atoms with Crippen molar-refractivity contribution in [2.75, 3.05) is 0 Å². The lowest BCUT2D eigenvalue weighted by molar-refractivity contribution is 0.102. The maximum atomic E-state index is 13.2. The van der Waals surface area contributed by atoms with Gasteiger partial charge in [0.15, 0.2) is 5.78 Å². The van der Waals surface area contributed by atoms with Crippen LogP contribution in [-0.4, -0.2) is 10.8 Å². The second-order valence-corrected chi connectivity index (χ2v) is 4.95. The molecule has 0 atom stereocenters. The van der Waals surface area contributed by atoms with E-state index in [1.807, 2.05) is 6.92 Å². The topological polar surface area (TPSA) is 30.0 Å². The molecule has 0 aliphatic heterocycles. The molecule has 0 saturated heterocycles. The number of hydrogen-bond donors (Lipinski definition) is 0. The molecular weight excluding hydrogens is 237 g/mol. The molecule has 0 amide bonds. The van der Waals surface area contributed by atoms with Crippen LogP contribution in [0.5, 0.6) is 0 Å². The van der Waals surface area contributed by atoms with Crippen molar-refractivity contribution in [1.82, 2.24) is 4.98 Å². The Morgan fingerprint density at radius 2 is 2.06 bits per heavy atom. The molecule has 4 heteroatoms. The Bertz CT molecular complexity index is 589. The zero-order chi connectivity index (χ0) is 12.6. The summed E-state index contributed by atoms with van der Waals surface area (Å²) in [5.74, 6) is -0.209. The first-order chi connectivity index (χ1) is 7.99. The number of Topliss-reactive ketones (excluding diaryl/α,β-unsaturated/α-hetero) is 1. The van der Waals surface area contributed by atoms with Crippen molar-refractivity contribution in [1.29, 1.82) is 0 Å². The lowest BCUT2D eigenvalue weighted by Crippen LogP contribution is -1.89. The summed E-state index contributed by atoms with van der Waals surface area (Å²) >= 11 is 1.35. The Hall–Kier alpha value is -1.55. The molecule has 0 unspecified atom stereocenters. The number of nitrogens with zero attached hydrogens (tertiary/aromatic N) is 1. The average Bonchev–Trinajstić information content (AvgIpc) is 2.64. The van der Waals surface area contributed by atoms with E-state index >= 15 is 0 Å². The summed E-state index contributed by atoms with van der Waals surface area (Å²) in [6.45, 7) is 5.05. The molecule has 88 valence electrons. The highest BCUT2D eigenvalue weighted by molar-refractivity contribution is 7.17. The molecule has 0 aliphatic carbocycles. The van der Waals surface area contributed by atoms with Gasteiger partial charge < -0.3 is 0 Å². The summed E-state index contributed by atoms with van der Waals surface area (Å²) in [5.41, 5.74) is 2.17. The van der Waals surface area contributed by atoms with E-state index in [1.165, 1.54) is 24.3 Å². The first-order valence-corrected chi connectivity index (χ1v) is 6.05. The fourth-order valence-corrected chi connectivity index (χ4v) is 2.58. The van der Waals surface area contributed by atoms with Crippen LogP contribution in [0.15, 0.2) is 18.2 Å². The second-order valence-electron chi connectivity index (χ2n) is 3.95. The Morgan fingerprint density at radius 3 is 2.59 bits per heavy atom. The first-order valence-electron chi connectivity index (χ1n) is 5.24. The minimum absolute atomic E-state index is 0.0186. The molecule has 0 aliphatic rings. The molecule has 0 fully saturated rings. The van der Waals surface area contributed by atoms with Gasteiger partial charge in [0, 0.05) is 12.5 Å². The maximum Gasteiger partial charge on any atom is 0.171 e. The fraction of sp³-hybridized carbons (Fsp3) is 0.231. The van der Waals surface area contributed by atoms with Gasteiger partial charge in [0.05, 0.1) is 10.6 Å². The summed E-state index contributed by atoms with van der Waals surface area (Å²) in [5, 5.41) is 0.760. The van der Waals surface area contributed by atoms with Gasteiger partial charge in [-0.15, -0.1) is 11.3 Å². The zero-order valence-electron chi connectivity index (χ0n) is 9.87. The van der Waals surface area contributed by atoms with Crippen molar-refractivity contribution in [3.63, 3.8) is 0 Å². The van der Waals surface area contributed by atoms with Crippen molar-refractivity contribution < 1.29 is 9.18 Å². The molecule has 17 heavy (non-hydrogen) atoms. The normalized spacial score (nSPS) is 10.6. The zero-order valence-corrected chi connectivity index (χ0v) is 10.7. The maximum absolute atomic E-state index is 13.2. The van der Waals surface area contributed by atoms with Crippen LogP contribution in [0.2, 0.25) is 0 Å². The van der Waals surface area contributed by atoms with Gasteiger partial charge in [-0.25, -0.2) is 9.37 Å². The summed E-state index contributed by atoms with van der Waals surface area (Å²) in [6, 6.07) is 4.86. The second kappa shape index (κ2) is 4.37. The van der Waals surface area contributed by atoms with Gasteiger partial charge in [0.25, 0.3) is 0 Å². The molecule has 0 bridgehead atoms. The van der Waals surface area contributed by atoms with Crippen molar-refractivity contribution in [2.24, 2.45) is 0 Å². The van der Waals surface area contributed by atoms with Gasteiger partial charge in [-0.3, -0.25) is 4.79 Å². The van der Waals surface area contributed by atoms with E-state index < -0.39 is 0 Å². The number of aromatic nitrogens is 1. The first kappa shape index (κ1) is 11.9. The van der Waals surface area contributed by atoms with Crippen LogP contribution in [0, 0.1) is 19.7 Å². The molecule has 2 aromatic rings. The van der Waals surface area contributed by atoms with Gasteiger partial charge in [0.1, 0.15) is 10.8 Å². The minimum Gasteiger partial charge on any atom is -0.294 e. The molecule has 0 N–H and O–H groups in total. The van der Waals surface area contributed by atoms with Crippen LogP contribution in [-0.2, 0) is 0 Å². The number of aryl methyl sites for hydroxylation is 2. The van der Waals surface area contributed by atoms with Crippen molar-refractivity contribution >= 4 is 17.1 Å². The van der Waals surface area contributed by atoms with E-state index in [0.717, 1.165) is 16.3 Å². The number of carbonyl (C=O) groups excluding carboxylic acids is 1. The third-order valence-electron chi connectivity index (χ3n) is 2.52. The monoisotopic (exact) mass is 249 g/mol. The standard InChI is InChI=1S/C13H12FNOS/c1-7-6-10(4-5-11(7)14)13-15-8(2)12(17-13)9(3)16/h4-6H,1-3H3. The number of ketones is 1. The van der Waals surface area contributed by atoms with Gasteiger partial charge in [0.2, 0.25) is 0 Å². The predicted molar refractivity (Wildman–Crippen MR) is 67.0 cm³/mol. The van der Waals surface area contributed by atoms with E-state index in [4.69, 9.17) is 0 Å². The number of thiazole rings is 1. The quantitative estimate of drug-likeness (QED) is 0.758. The van der Waals surface area contributed by atoms with E-state index in [2.05, 4.69) is 4.98 Å². The van der Waals surface area contributed by atoms with Gasteiger partial charge >= 0.3 is 0 Å². The molecule has 2 rings (SSSR count). The predicted octanol–water partition coefficient (Wildman–Crippen LogP) is 3.77. The largest absolute Gasteiger partial charge is 0.294 e. The van der Waals surface area contributed by atoms with Gasteiger partial charge in [-0.1, -0.05) is 0 Å². The molecule has 0 radical (unpaired) electrons. The van der Waals surface area contributed by atoms with Crippen LogP contribution in [0.1, 0.15) is 27.9 Å². The summed E-state index contributed by atoms with van der Waals surface area (Å²) in [7, 11) is 0. The Labute approximate surface area is 103 Å². The van der Waals surface area contributed by atoms with Crippen molar-refractivity contribution in [2.45, 2.75) is 20.8 Å². The molecule has 1 heterocycles. The summed E-state index contributed by atoms with van der Waals surface area (Å²) in [4.78, 5) is 16.4. The van der Waals surface area contributed by atoms with Crippen LogP contribution in [0.25, 0.3) is 10.6 Å². The van der Waals surface area contributed by atoms with E-state index in [-0.39, 0.29) is 11.6 Å². The third-order valence-corrected chi connectivity index (χ3v) is 3.83. The van der Waals surface area contributed by atoms with Crippen LogP contribution < -0.4 is 0 Å². The van der Waals surface area contributed by atoms with E-state index in [0.29, 0.717) is 10.4 Å². The highest BCUT2D eigenvalue weighted by Gasteiger charge is 2.13. The van der Waals surface area contributed by atoms with Crippen LogP contribution in [0.3, 0.4) is 0 Å².